The van der Waals surface area contributed by atoms with Crippen LogP contribution in [0.25, 0.3) is 28.9 Å². The predicted molar refractivity (Wildman–Crippen MR) is 102 cm³/mol. The van der Waals surface area contributed by atoms with Crippen molar-refractivity contribution in [3.05, 3.63) is 93.8 Å². The fraction of sp³-hybridized carbons (Fsp3) is 0. The highest BCUT2D eigenvalue weighted by Crippen LogP contribution is 2.27. The maximum atomic E-state index is 12.1. The SMILES string of the molecule is O=c1[nH]cc(-c2ccccc2Cl)cc1C=Cc1cnc2ccccn12. The van der Waals surface area contributed by atoms with Gasteiger partial charge in [0.2, 0.25) is 0 Å². The number of pyridine rings is 2. The Morgan fingerprint density at radius 2 is 1.92 bits per heavy atom. The molecule has 0 unspecified atom stereocenters. The quantitative estimate of drug-likeness (QED) is 0.592. The van der Waals surface area contributed by atoms with E-state index in [0.29, 0.717) is 10.6 Å². The van der Waals surface area contributed by atoms with Crippen LogP contribution in [-0.4, -0.2) is 14.4 Å². The maximum Gasteiger partial charge on any atom is 0.255 e. The molecule has 0 radical (unpaired) electrons. The number of nitrogens with zero attached hydrogens (tertiary/aromatic N) is 2. The Labute approximate surface area is 149 Å². The first-order chi connectivity index (χ1) is 12.2. The predicted octanol–water partition coefficient (Wildman–Crippen LogP) is 4.51. The van der Waals surface area contributed by atoms with E-state index in [-0.39, 0.29) is 5.56 Å². The number of fused-ring (bicyclic) bond motifs is 1. The van der Waals surface area contributed by atoms with Gasteiger partial charge >= 0.3 is 0 Å². The third-order valence-electron chi connectivity index (χ3n) is 4.00. The number of aromatic nitrogens is 3. The van der Waals surface area contributed by atoms with E-state index < -0.39 is 0 Å². The zero-order valence-corrected chi connectivity index (χ0v) is 13.9. The molecule has 0 aliphatic heterocycles. The molecule has 3 aromatic heterocycles. The lowest BCUT2D eigenvalue weighted by molar-refractivity contribution is 1.17. The second kappa shape index (κ2) is 6.42. The van der Waals surface area contributed by atoms with Gasteiger partial charge in [0.05, 0.1) is 11.9 Å². The zero-order chi connectivity index (χ0) is 17.2. The lowest BCUT2D eigenvalue weighted by Gasteiger charge is -2.04. The lowest BCUT2D eigenvalue weighted by Crippen LogP contribution is -2.08. The summed E-state index contributed by atoms with van der Waals surface area (Å²) in [6.07, 6.45) is 9.05. The Hall–Kier alpha value is -3.11. The van der Waals surface area contributed by atoms with Gasteiger partial charge in [-0.05, 0) is 36.4 Å². The number of H-pyrrole nitrogens is 1. The number of imidazole rings is 1. The Morgan fingerprint density at radius 3 is 2.80 bits per heavy atom. The van der Waals surface area contributed by atoms with Crippen LogP contribution in [0.15, 0.2) is 71.9 Å². The van der Waals surface area contributed by atoms with Gasteiger partial charge in [0.25, 0.3) is 5.56 Å². The van der Waals surface area contributed by atoms with Crippen molar-refractivity contribution in [2.24, 2.45) is 0 Å². The van der Waals surface area contributed by atoms with Gasteiger partial charge < -0.3 is 9.38 Å². The molecule has 0 bridgehead atoms. The summed E-state index contributed by atoms with van der Waals surface area (Å²) in [6, 6.07) is 15.2. The van der Waals surface area contributed by atoms with E-state index in [1.54, 1.807) is 18.5 Å². The number of rotatable bonds is 3. The molecule has 122 valence electrons. The van der Waals surface area contributed by atoms with Gasteiger partial charge in [0, 0.05) is 34.1 Å². The summed E-state index contributed by atoms with van der Waals surface area (Å²) in [5.74, 6) is 0. The van der Waals surface area contributed by atoms with Crippen LogP contribution in [0.3, 0.4) is 0 Å². The fourth-order valence-corrected chi connectivity index (χ4v) is 2.97. The van der Waals surface area contributed by atoms with Crippen LogP contribution < -0.4 is 5.56 Å². The van der Waals surface area contributed by atoms with E-state index in [0.717, 1.165) is 22.5 Å². The Bertz CT molecular complexity index is 1140. The topological polar surface area (TPSA) is 50.2 Å². The van der Waals surface area contributed by atoms with Gasteiger partial charge in [-0.25, -0.2) is 4.98 Å². The van der Waals surface area contributed by atoms with E-state index in [1.807, 2.05) is 65.2 Å². The fourth-order valence-electron chi connectivity index (χ4n) is 2.73. The number of halogens is 1. The van der Waals surface area contributed by atoms with Gasteiger partial charge in [0.1, 0.15) is 5.65 Å². The zero-order valence-electron chi connectivity index (χ0n) is 13.2. The van der Waals surface area contributed by atoms with Crippen LogP contribution in [-0.2, 0) is 0 Å². The van der Waals surface area contributed by atoms with E-state index in [9.17, 15) is 4.79 Å². The molecule has 4 nitrogen and oxygen atoms in total. The Kier molecular flexibility index (Phi) is 3.96. The largest absolute Gasteiger partial charge is 0.328 e. The minimum absolute atomic E-state index is 0.152. The van der Waals surface area contributed by atoms with Crippen molar-refractivity contribution < 1.29 is 0 Å². The summed E-state index contributed by atoms with van der Waals surface area (Å²) >= 11 is 6.25. The molecule has 0 amide bonds. The molecule has 3 heterocycles. The van der Waals surface area contributed by atoms with Gasteiger partial charge in [0.15, 0.2) is 0 Å². The molecule has 0 spiro atoms. The average Bonchev–Trinajstić information content (AvgIpc) is 3.05. The van der Waals surface area contributed by atoms with E-state index in [4.69, 9.17) is 11.6 Å². The molecular formula is C20H14ClN3O. The molecule has 0 atom stereocenters. The van der Waals surface area contributed by atoms with Crippen molar-refractivity contribution in [3.8, 4) is 11.1 Å². The molecule has 0 saturated heterocycles. The van der Waals surface area contributed by atoms with Crippen LogP contribution in [0.2, 0.25) is 5.02 Å². The van der Waals surface area contributed by atoms with Crippen LogP contribution in [0.1, 0.15) is 11.3 Å². The van der Waals surface area contributed by atoms with Gasteiger partial charge in [-0.3, -0.25) is 4.79 Å². The number of aromatic amines is 1. The number of benzene rings is 1. The van der Waals surface area contributed by atoms with Crippen LogP contribution in [0.5, 0.6) is 0 Å². The van der Waals surface area contributed by atoms with Crippen molar-refractivity contribution >= 4 is 29.4 Å². The molecule has 0 aliphatic rings. The van der Waals surface area contributed by atoms with Crippen molar-refractivity contribution in [1.82, 2.24) is 14.4 Å². The molecule has 4 rings (SSSR count). The van der Waals surface area contributed by atoms with Crippen molar-refractivity contribution in [1.29, 1.82) is 0 Å². The molecule has 5 heteroatoms. The summed E-state index contributed by atoms with van der Waals surface area (Å²) in [4.78, 5) is 19.3. The van der Waals surface area contributed by atoms with Crippen LogP contribution >= 0.6 is 11.6 Å². The Balaban J connectivity index is 1.74. The molecule has 0 fully saturated rings. The van der Waals surface area contributed by atoms with Crippen molar-refractivity contribution in [2.45, 2.75) is 0 Å². The Morgan fingerprint density at radius 1 is 1.08 bits per heavy atom. The van der Waals surface area contributed by atoms with Crippen molar-refractivity contribution in [3.63, 3.8) is 0 Å². The van der Waals surface area contributed by atoms with Gasteiger partial charge in [-0.15, -0.1) is 0 Å². The summed E-state index contributed by atoms with van der Waals surface area (Å²) < 4.78 is 1.96. The van der Waals surface area contributed by atoms with Crippen LogP contribution in [0.4, 0.5) is 0 Å². The first-order valence-electron chi connectivity index (χ1n) is 7.80. The first kappa shape index (κ1) is 15.4. The lowest BCUT2D eigenvalue weighted by atomic mass is 10.1. The smallest absolute Gasteiger partial charge is 0.255 e. The first-order valence-corrected chi connectivity index (χ1v) is 8.18. The maximum absolute atomic E-state index is 12.1. The highest BCUT2D eigenvalue weighted by Gasteiger charge is 2.05. The standard InChI is InChI=1S/C20H14ClN3O/c21-18-6-2-1-5-17(18)15-11-14(20(25)23-12-15)8-9-16-13-22-19-7-3-4-10-24(16)19/h1-13H,(H,23,25). The number of nitrogens with one attached hydrogen (secondary N) is 1. The highest BCUT2D eigenvalue weighted by molar-refractivity contribution is 6.33. The molecular weight excluding hydrogens is 334 g/mol. The third kappa shape index (κ3) is 2.99. The molecule has 1 aromatic carbocycles. The summed E-state index contributed by atoms with van der Waals surface area (Å²) in [7, 11) is 0. The average molecular weight is 348 g/mol. The van der Waals surface area contributed by atoms with Gasteiger partial charge in [-0.1, -0.05) is 35.9 Å². The molecule has 1 N–H and O–H groups in total. The van der Waals surface area contributed by atoms with E-state index in [1.165, 1.54) is 0 Å². The number of hydrogen-bond donors (Lipinski definition) is 1. The van der Waals surface area contributed by atoms with Crippen LogP contribution in [0, 0.1) is 0 Å². The molecule has 0 saturated carbocycles. The minimum atomic E-state index is -0.152. The second-order valence-corrected chi connectivity index (χ2v) is 6.01. The normalized spacial score (nSPS) is 11.4. The minimum Gasteiger partial charge on any atom is -0.328 e. The monoisotopic (exact) mass is 347 g/mol. The second-order valence-electron chi connectivity index (χ2n) is 5.60. The number of hydrogen-bond acceptors (Lipinski definition) is 2. The molecule has 0 aliphatic carbocycles. The van der Waals surface area contributed by atoms with Crippen molar-refractivity contribution in [2.75, 3.05) is 0 Å². The van der Waals surface area contributed by atoms with E-state index >= 15 is 0 Å². The third-order valence-corrected chi connectivity index (χ3v) is 4.33. The van der Waals surface area contributed by atoms with Gasteiger partial charge in [-0.2, -0.15) is 0 Å². The molecule has 4 aromatic rings. The van der Waals surface area contributed by atoms with E-state index in [2.05, 4.69) is 9.97 Å². The summed E-state index contributed by atoms with van der Waals surface area (Å²) in [6.45, 7) is 0. The summed E-state index contributed by atoms with van der Waals surface area (Å²) in [5, 5.41) is 0.645. The highest BCUT2D eigenvalue weighted by atomic mass is 35.5. The molecule has 25 heavy (non-hydrogen) atoms. The summed E-state index contributed by atoms with van der Waals surface area (Å²) in [5.41, 5.74) is 3.91.